The minimum Gasteiger partial charge on any atom is -0.341 e. The average molecular weight is 1610 g/mol. The van der Waals surface area contributed by atoms with Gasteiger partial charge in [-0.15, -0.1) is 0 Å². The highest BCUT2D eigenvalue weighted by Gasteiger charge is 2.19. The predicted molar refractivity (Wildman–Crippen MR) is 539 cm³/mol. The van der Waals surface area contributed by atoms with Crippen LogP contribution in [0.4, 0.5) is 34.1 Å². The SMILES string of the molecule is CCn1c2ccccc2c2cc(/C=C/c3cc(/C=C/c4ccc5c(c4)c4ccccc4n5CC)cc(/C=C/c4ccc5c(c4)c4ccccc4n5CC)c3)ccc21.Cc1ccc(N(c2ccc(C=C(c3ccccc3)c3ccccc3)cc2)c2ccc(-c3ccc(N(c4ccc(C)cc4)c4ccc(C=C(c5ccccc5)c5ccccc5)cc4)cc3)cc2)cc1. The van der Waals surface area contributed by atoms with Crippen LogP contribution in [0.1, 0.15) is 98.7 Å². The van der Waals surface area contributed by atoms with Crippen LogP contribution in [0.25, 0.3) is 136 Å². The molecule has 0 atom stereocenters. The molecule has 0 spiro atoms. The normalized spacial score (nSPS) is 11.6. The van der Waals surface area contributed by atoms with Gasteiger partial charge in [-0.25, -0.2) is 0 Å². The third kappa shape index (κ3) is 16.9. The lowest BCUT2D eigenvalue weighted by Crippen LogP contribution is -2.10. The van der Waals surface area contributed by atoms with E-state index in [1.165, 1.54) is 127 Å². The van der Waals surface area contributed by atoms with Crippen LogP contribution >= 0.6 is 0 Å². The van der Waals surface area contributed by atoms with E-state index in [1.807, 2.05) is 0 Å². The fraction of sp³-hybridized carbons (Fsp3) is 0.0667. The number of hydrogen-bond acceptors (Lipinski definition) is 2. The molecular formula is C120H97N5. The summed E-state index contributed by atoms with van der Waals surface area (Å²) in [5, 5.41) is 7.81. The molecule has 5 heteroatoms. The van der Waals surface area contributed by atoms with Crippen molar-refractivity contribution in [2.24, 2.45) is 0 Å². The predicted octanol–water partition coefficient (Wildman–Crippen LogP) is 32.7. The third-order valence-corrected chi connectivity index (χ3v) is 24.2. The first-order valence-corrected chi connectivity index (χ1v) is 43.6. The molecule has 3 aromatic heterocycles. The van der Waals surface area contributed by atoms with E-state index in [1.54, 1.807) is 0 Å². The second kappa shape index (κ2) is 36.0. The molecule has 0 saturated carbocycles. The van der Waals surface area contributed by atoms with Gasteiger partial charge in [0, 0.05) is 119 Å². The summed E-state index contributed by atoms with van der Waals surface area (Å²) >= 11 is 0. The van der Waals surface area contributed by atoms with Gasteiger partial charge in [-0.3, -0.25) is 0 Å². The first-order valence-electron chi connectivity index (χ1n) is 43.6. The maximum Gasteiger partial charge on any atom is 0.0491 e. The summed E-state index contributed by atoms with van der Waals surface area (Å²) in [7, 11) is 0. The Morgan fingerprint density at radius 1 is 0.208 bits per heavy atom. The molecule has 5 nitrogen and oxygen atoms in total. The Bertz CT molecular complexity index is 6720. The number of hydrogen-bond donors (Lipinski definition) is 0. The van der Waals surface area contributed by atoms with E-state index in [9.17, 15) is 0 Å². The third-order valence-electron chi connectivity index (χ3n) is 24.2. The van der Waals surface area contributed by atoms with Gasteiger partial charge in [0.1, 0.15) is 0 Å². The second-order valence-corrected chi connectivity index (χ2v) is 32.2. The van der Waals surface area contributed by atoms with E-state index in [0.717, 1.165) is 92.7 Å². The molecule has 0 unspecified atom stereocenters. The molecule has 0 fully saturated rings. The molecule has 17 aromatic carbocycles. The van der Waals surface area contributed by atoms with Gasteiger partial charge >= 0.3 is 0 Å². The smallest absolute Gasteiger partial charge is 0.0491 e. The lowest BCUT2D eigenvalue weighted by atomic mass is 9.95. The van der Waals surface area contributed by atoms with Crippen LogP contribution in [0.5, 0.6) is 0 Å². The molecule has 0 saturated heterocycles. The Balaban J connectivity index is 0.000000166. The lowest BCUT2D eigenvalue weighted by molar-refractivity contribution is 0.827. The minimum absolute atomic E-state index is 0.946. The van der Waals surface area contributed by atoms with Crippen LogP contribution in [0, 0.1) is 13.8 Å². The van der Waals surface area contributed by atoms with Gasteiger partial charge in [-0.2, -0.15) is 0 Å². The van der Waals surface area contributed by atoms with E-state index in [2.05, 4.69) is 519 Å². The Kier molecular flexibility index (Phi) is 22.8. The highest BCUT2D eigenvalue weighted by molar-refractivity contribution is 6.11. The summed E-state index contributed by atoms with van der Waals surface area (Å²) in [6, 6.07) is 149. The van der Waals surface area contributed by atoms with E-state index < -0.39 is 0 Å². The largest absolute Gasteiger partial charge is 0.341 e. The average Bonchev–Trinajstić information content (AvgIpc) is 1.62. The standard InChI is InChI=1S/C66H52N2.C54H45N3/c1-49-23-35-59(36-24-49)67(61-39-27-51(28-40-61)47-65(55-15-7-3-8-16-55)56-17-9-4-10-18-56)63-43-31-53(32-44-63)54-33-45-64(46-34-54)68(60-37-25-50(2)26-38-60)62-41-29-52(30-42-62)48-66(57-19-11-5-12-20-57)58-21-13-6-14-22-58;1-4-55-49-16-10-7-13-43(49)46-34-37(25-28-52(46)55)19-22-40-31-41(23-20-38-26-29-53-47(35-38)44-14-8-11-17-50(44)56(53)5-2)33-42(32-40)24-21-39-27-30-54-48(36-39)45-15-9-12-18-51(45)57(54)6-3/h3-48H,1-2H3;7-36H,4-6H2,1-3H3/b;22-19+,23-20+,24-21+. The van der Waals surface area contributed by atoms with Crippen molar-refractivity contribution in [2.45, 2.75) is 54.3 Å². The second-order valence-electron chi connectivity index (χ2n) is 32.2. The Morgan fingerprint density at radius 3 is 0.704 bits per heavy atom. The number of aromatic nitrogens is 3. The van der Waals surface area contributed by atoms with E-state index in [-0.39, 0.29) is 0 Å². The van der Waals surface area contributed by atoms with Crippen molar-refractivity contribution in [3.8, 4) is 11.1 Å². The van der Waals surface area contributed by atoms with Crippen LogP contribution in [-0.2, 0) is 19.6 Å². The molecular weight excluding hydrogens is 1510 g/mol. The molecule has 0 amide bonds. The lowest BCUT2D eigenvalue weighted by Gasteiger charge is -2.26. The van der Waals surface area contributed by atoms with Gasteiger partial charge in [0.25, 0.3) is 0 Å². The Morgan fingerprint density at radius 2 is 0.432 bits per heavy atom. The fourth-order valence-corrected chi connectivity index (χ4v) is 17.9. The van der Waals surface area contributed by atoms with Crippen LogP contribution < -0.4 is 9.80 Å². The molecule has 20 aromatic rings. The molecule has 125 heavy (non-hydrogen) atoms. The maximum absolute atomic E-state index is 2.41. The van der Waals surface area contributed by atoms with Crippen molar-refractivity contribution in [3.63, 3.8) is 0 Å². The summed E-state index contributed by atoms with van der Waals surface area (Å²) in [6.07, 6.45) is 18.1. The monoisotopic (exact) mass is 1610 g/mol. The molecule has 602 valence electrons. The molecule has 0 aliphatic carbocycles. The number of fused-ring (bicyclic) bond motifs is 9. The highest BCUT2D eigenvalue weighted by atomic mass is 15.1. The van der Waals surface area contributed by atoms with Crippen molar-refractivity contribution in [3.05, 3.63) is 490 Å². The summed E-state index contributed by atoms with van der Waals surface area (Å²) < 4.78 is 7.23. The topological polar surface area (TPSA) is 21.3 Å². The van der Waals surface area contributed by atoms with Gasteiger partial charge < -0.3 is 23.5 Å². The van der Waals surface area contributed by atoms with Crippen molar-refractivity contribution >= 4 is 159 Å². The summed E-state index contributed by atoms with van der Waals surface area (Å²) in [6.45, 7) is 13.8. The van der Waals surface area contributed by atoms with Crippen LogP contribution in [0.15, 0.2) is 413 Å². The van der Waals surface area contributed by atoms with Gasteiger partial charge in [0.05, 0.1) is 0 Å². The quantitative estimate of drug-likeness (QED) is 0.0631. The van der Waals surface area contributed by atoms with E-state index >= 15 is 0 Å². The minimum atomic E-state index is 0.946. The Labute approximate surface area is 733 Å². The van der Waals surface area contributed by atoms with Crippen molar-refractivity contribution in [1.29, 1.82) is 0 Å². The van der Waals surface area contributed by atoms with Gasteiger partial charge in [-0.05, 0) is 281 Å². The Hall–Kier alpha value is -15.6. The molecule has 0 radical (unpaired) electrons. The number of nitrogens with zero attached hydrogens (tertiary/aromatic N) is 5. The van der Waals surface area contributed by atoms with Gasteiger partial charge in [0.15, 0.2) is 0 Å². The number of benzene rings is 17. The summed E-state index contributed by atoms with van der Waals surface area (Å²) in [4.78, 5) is 4.67. The summed E-state index contributed by atoms with van der Waals surface area (Å²) in [5.74, 6) is 0. The number of para-hydroxylation sites is 3. The van der Waals surface area contributed by atoms with Crippen LogP contribution in [-0.4, -0.2) is 13.7 Å². The van der Waals surface area contributed by atoms with E-state index in [4.69, 9.17) is 0 Å². The number of aryl methyl sites for hydroxylation is 5. The number of rotatable bonds is 22. The molecule has 0 aliphatic heterocycles. The number of anilines is 6. The zero-order valence-electron chi connectivity index (χ0n) is 71.2. The zero-order chi connectivity index (χ0) is 84.5. The molecule has 0 N–H and O–H groups in total. The van der Waals surface area contributed by atoms with Gasteiger partial charge in [-0.1, -0.05) is 315 Å². The van der Waals surface area contributed by atoms with Crippen molar-refractivity contribution < 1.29 is 0 Å². The van der Waals surface area contributed by atoms with Crippen molar-refractivity contribution in [2.75, 3.05) is 9.80 Å². The highest BCUT2D eigenvalue weighted by Crippen LogP contribution is 2.42. The molecule has 0 bridgehead atoms. The zero-order valence-corrected chi connectivity index (χ0v) is 71.2. The van der Waals surface area contributed by atoms with Crippen LogP contribution in [0.2, 0.25) is 0 Å². The van der Waals surface area contributed by atoms with E-state index in [0.29, 0.717) is 0 Å². The van der Waals surface area contributed by atoms with Crippen molar-refractivity contribution in [1.82, 2.24) is 13.7 Å². The maximum atomic E-state index is 2.41. The summed E-state index contributed by atoms with van der Waals surface area (Å²) in [5.41, 5.74) is 35.6. The molecule has 3 heterocycles. The fourth-order valence-electron chi connectivity index (χ4n) is 17.9. The van der Waals surface area contributed by atoms with Crippen LogP contribution in [0.3, 0.4) is 0 Å². The first kappa shape index (κ1) is 79.2. The van der Waals surface area contributed by atoms with Gasteiger partial charge in [0.2, 0.25) is 0 Å². The molecule has 0 aliphatic rings. The molecule has 20 rings (SSSR count). The first-order chi connectivity index (χ1) is 61.6.